The lowest BCUT2D eigenvalue weighted by molar-refractivity contribution is -0.904. The van der Waals surface area contributed by atoms with Gasteiger partial charge < -0.3 is 4.90 Å². The monoisotopic (exact) mass is 410 g/mol. The predicted molar refractivity (Wildman–Crippen MR) is 116 cm³/mol. The number of carbonyl (C=O) groups is 1. The molecule has 0 unspecified atom stereocenters. The van der Waals surface area contributed by atoms with Crippen LogP contribution in [0.3, 0.4) is 0 Å². The molecule has 2 aromatic rings. The van der Waals surface area contributed by atoms with Crippen molar-refractivity contribution in [3.63, 3.8) is 0 Å². The molecule has 150 valence electrons. The zero-order chi connectivity index (χ0) is 20.6. The van der Waals surface area contributed by atoms with Gasteiger partial charge in [0.15, 0.2) is 5.66 Å². The molecule has 4 nitrogen and oxygen atoms in total. The summed E-state index contributed by atoms with van der Waals surface area (Å²) in [5.74, 6) is -0.420. The van der Waals surface area contributed by atoms with Crippen molar-refractivity contribution >= 4 is 28.8 Å². The number of aliphatic imine (C=N–C) groups is 1. The van der Waals surface area contributed by atoms with Crippen LogP contribution in [0.2, 0.25) is 0 Å². The van der Waals surface area contributed by atoms with E-state index < -0.39 is 5.66 Å². The number of rotatable bonds is 3. The first-order chi connectivity index (χ1) is 13.9. The predicted octanol–water partition coefficient (Wildman–Crippen LogP) is 2.80. The molecular formula is C23H25FN3OS+. The number of nitrogens with one attached hydrogen (secondary N) is 1. The van der Waals surface area contributed by atoms with Crippen molar-refractivity contribution in [2.45, 2.75) is 32.4 Å². The highest BCUT2D eigenvalue weighted by Crippen LogP contribution is 2.36. The summed E-state index contributed by atoms with van der Waals surface area (Å²) >= 11 is 5.76. The number of hydrogen-bond acceptors (Lipinski definition) is 3. The van der Waals surface area contributed by atoms with Gasteiger partial charge in [0.2, 0.25) is 0 Å². The molecule has 29 heavy (non-hydrogen) atoms. The van der Waals surface area contributed by atoms with Crippen molar-refractivity contribution in [1.29, 1.82) is 0 Å². The molecule has 1 saturated heterocycles. The van der Waals surface area contributed by atoms with Gasteiger partial charge in [0.05, 0.1) is 19.6 Å². The van der Waals surface area contributed by atoms with Crippen LogP contribution < -0.4 is 4.90 Å². The molecule has 1 N–H and O–H groups in total. The van der Waals surface area contributed by atoms with Crippen LogP contribution in [0.15, 0.2) is 53.5 Å². The van der Waals surface area contributed by atoms with Crippen LogP contribution in [0.5, 0.6) is 0 Å². The fourth-order valence-electron chi connectivity index (χ4n) is 4.20. The number of quaternary nitrogens is 1. The highest BCUT2D eigenvalue weighted by molar-refractivity contribution is 7.82. The van der Waals surface area contributed by atoms with E-state index in [4.69, 9.17) is 17.2 Å². The number of aryl methyl sites for hydroxylation is 1. The van der Waals surface area contributed by atoms with Crippen molar-refractivity contribution in [2.75, 3.05) is 19.6 Å². The Bertz CT molecular complexity index is 961. The number of amides is 1. The van der Waals surface area contributed by atoms with Crippen molar-refractivity contribution in [3.8, 4) is 0 Å². The number of carbonyl (C=O) groups excluding carboxylic acids is 1. The van der Waals surface area contributed by atoms with Gasteiger partial charge in [-0.3, -0.25) is 14.7 Å². The first-order valence-corrected chi connectivity index (χ1v) is 10.5. The van der Waals surface area contributed by atoms with Crippen molar-refractivity contribution in [3.05, 3.63) is 71.0 Å². The lowest BCUT2D eigenvalue weighted by atomic mass is 9.95. The van der Waals surface area contributed by atoms with Crippen LogP contribution in [0.25, 0.3) is 0 Å². The topological polar surface area (TPSA) is 37.1 Å². The molecule has 2 heterocycles. The summed E-state index contributed by atoms with van der Waals surface area (Å²) in [4.78, 5) is 22.2. The van der Waals surface area contributed by atoms with E-state index in [0.717, 1.165) is 43.6 Å². The lowest BCUT2D eigenvalue weighted by Gasteiger charge is -2.40. The molecule has 1 amide bonds. The minimum absolute atomic E-state index is 0.115. The quantitative estimate of drug-likeness (QED) is 0.790. The second kappa shape index (κ2) is 7.76. The van der Waals surface area contributed by atoms with Gasteiger partial charge in [-0.15, -0.1) is 0 Å². The van der Waals surface area contributed by atoms with Crippen LogP contribution in [-0.2, 0) is 0 Å². The average Bonchev–Trinajstić information content (AvgIpc) is 3.01. The van der Waals surface area contributed by atoms with Crippen LogP contribution >= 0.6 is 12.2 Å². The normalized spacial score (nSPS) is 24.1. The minimum atomic E-state index is -0.651. The molecule has 4 rings (SSSR count). The number of halogens is 1. The molecule has 2 aliphatic rings. The highest BCUT2D eigenvalue weighted by atomic mass is 32.1. The summed E-state index contributed by atoms with van der Waals surface area (Å²) in [6.45, 7) is 7.11. The summed E-state index contributed by atoms with van der Waals surface area (Å²) in [6.07, 6.45) is 1.53. The minimum Gasteiger partial charge on any atom is -0.335 e. The number of piperidine rings is 1. The summed E-state index contributed by atoms with van der Waals surface area (Å²) < 4.78 is 13.4. The summed E-state index contributed by atoms with van der Waals surface area (Å²) in [7, 11) is 0. The van der Waals surface area contributed by atoms with E-state index in [1.807, 2.05) is 31.2 Å². The highest BCUT2D eigenvalue weighted by Gasteiger charge is 2.51. The van der Waals surface area contributed by atoms with E-state index in [1.54, 1.807) is 17.0 Å². The Kier molecular flexibility index (Phi) is 5.32. The summed E-state index contributed by atoms with van der Waals surface area (Å²) in [6, 6.07) is 13.7. The van der Waals surface area contributed by atoms with Gasteiger partial charge >= 0.3 is 0 Å². The van der Waals surface area contributed by atoms with E-state index in [0.29, 0.717) is 16.3 Å². The molecule has 0 saturated carbocycles. The second-order valence-corrected chi connectivity index (χ2v) is 8.25. The van der Waals surface area contributed by atoms with Crippen molar-refractivity contribution in [2.24, 2.45) is 4.99 Å². The Morgan fingerprint density at radius 2 is 1.76 bits per heavy atom. The Balaban J connectivity index is 1.74. The number of likely N-dealkylation sites (tertiary alicyclic amines) is 1. The van der Waals surface area contributed by atoms with Gasteiger partial charge in [0, 0.05) is 24.0 Å². The zero-order valence-corrected chi connectivity index (χ0v) is 17.6. The average molecular weight is 411 g/mol. The fourth-order valence-corrected chi connectivity index (χ4v) is 4.61. The van der Waals surface area contributed by atoms with Gasteiger partial charge in [-0.05, 0) is 50.2 Å². The number of hydrogen-bond donors (Lipinski definition) is 1. The Hall–Kier alpha value is -2.44. The zero-order valence-electron chi connectivity index (χ0n) is 16.7. The molecular weight excluding hydrogens is 385 g/mol. The maximum absolute atomic E-state index is 13.5. The number of thiocarbonyl (C=S) groups is 1. The van der Waals surface area contributed by atoms with Crippen LogP contribution in [-0.4, -0.2) is 46.8 Å². The van der Waals surface area contributed by atoms with Gasteiger partial charge in [-0.25, -0.2) is 4.39 Å². The van der Waals surface area contributed by atoms with E-state index in [9.17, 15) is 9.18 Å². The number of benzene rings is 2. The molecule has 0 atom stereocenters. The molecule has 0 aliphatic carbocycles. The molecule has 2 aliphatic heterocycles. The van der Waals surface area contributed by atoms with Gasteiger partial charge in [-0.1, -0.05) is 29.9 Å². The first kappa shape index (κ1) is 19.9. The first-order valence-electron chi connectivity index (χ1n) is 10.1. The smallest absolute Gasteiger partial charge is 0.260 e. The molecule has 1 fully saturated rings. The third kappa shape index (κ3) is 3.63. The van der Waals surface area contributed by atoms with E-state index >= 15 is 0 Å². The maximum atomic E-state index is 13.5. The van der Waals surface area contributed by atoms with Crippen LogP contribution in [0.1, 0.15) is 41.3 Å². The van der Waals surface area contributed by atoms with E-state index in [2.05, 4.69) is 6.92 Å². The molecule has 6 heteroatoms. The fraction of sp³-hybridized carbons (Fsp3) is 0.348. The molecule has 2 aromatic carbocycles. The molecule has 1 spiro atoms. The van der Waals surface area contributed by atoms with Crippen LogP contribution in [0, 0.1) is 12.7 Å². The van der Waals surface area contributed by atoms with Gasteiger partial charge in [-0.2, -0.15) is 0 Å². The second-order valence-electron chi connectivity index (χ2n) is 7.87. The molecule has 0 bridgehead atoms. The largest absolute Gasteiger partial charge is 0.335 e. The third-order valence-electron chi connectivity index (χ3n) is 6.02. The van der Waals surface area contributed by atoms with E-state index in [1.165, 1.54) is 17.0 Å². The Labute approximate surface area is 176 Å². The Morgan fingerprint density at radius 1 is 1.14 bits per heavy atom. The third-order valence-corrected chi connectivity index (χ3v) is 6.39. The Morgan fingerprint density at radius 3 is 2.34 bits per heavy atom. The SMILES string of the molecule is CC[NH+]1CCC2(CC1)N=C(c1ccc(F)cc1)C(=S)N2C(=O)c1ccc(C)cc1. The summed E-state index contributed by atoms with van der Waals surface area (Å²) in [5, 5.41) is 0. The van der Waals surface area contributed by atoms with Crippen molar-refractivity contribution < 1.29 is 14.1 Å². The molecule has 0 radical (unpaired) electrons. The number of nitrogens with zero attached hydrogens (tertiary/aromatic N) is 2. The van der Waals surface area contributed by atoms with Crippen molar-refractivity contribution in [1.82, 2.24) is 4.90 Å². The van der Waals surface area contributed by atoms with Crippen LogP contribution in [0.4, 0.5) is 4.39 Å². The van der Waals surface area contributed by atoms with Gasteiger partial charge in [0.1, 0.15) is 16.5 Å². The maximum Gasteiger partial charge on any atom is 0.260 e. The summed E-state index contributed by atoms with van der Waals surface area (Å²) in [5.41, 5.74) is 2.42. The lowest BCUT2D eigenvalue weighted by Crippen LogP contribution is -3.13. The standard InChI is InChI=1S/C23H24FN3OS/c1-3-26-14-12-23(13-15-26)25-20(17-8-10-19(24)11-9-17)22(29)27(23)21(28)18-6-4-16(2)5-7-18/h4-11H,3,12-15H2,1-2H3/p+1. The molecule has 0 aromatic heterocycles. The van der Waals surface area contributed by atoms with E-state index in [-0.39, 0.29) is 11.7 Å². The van der Waals surface area contributed by atoms with Gasteiger partial charge in [0.25, 0.3) is 5.91 Å².